The van der Waals surface area contributed by atoms with Gasteiger partial charge in [-0.1, -0.05) is 13.8 Å². The molecule has 144 valence electrons. The fourth-order valence-corrected chi connectivity index (χ4v) is 3.19. The zero-order chi connectivity index (χ0) is 20.0. The van der Waals surface area contributed by atoms with Gasteiger partial charge in [0.2, 0.25) is 0 Å². The maximum atomic E-state index is 12.2. The molecule has 27 heavy (non-hydrogen) atoms. The number of carbonyl (C=O) groups is 2. The van der Waals surface area contributed by atoms with E-state index < -0.39 is 16.8 Å². The molecule has 0 radical (unpaired) electrons. The number of esters is 1. The predicted molar refractivity (Wildman–Crippen MR) is 102 cm³/mol. The van der Waals surface area contributed by atoms with Crippen LogP contribution in [0, 0.1) is 10.1 Å². The van der Waals surface area contributed by atoms with Crippen LogP contribution >= 0.6 is 11.3 Å². The largest absolute Gasteiger partial charge is 0.484 e. The summed E-state index contributed by atoms with van der Waals surface area (Å²) in [6.45, 7) is 5.63. The quantitative estimate of drug-likeness (QED) is 0.414. The molecule has 0 saturated heterocycles. The van der Waals surface area contributed by atoms with E-state index in [-0.39, 0.29) is 24.8 Å². The number of thiophene rings is 1. The van der Waals surface area contributed by atoms with E-state index in [2.05, 4.69) is 5.32 Å². The Labute approximate surface area is 160 Å². The maximum Gasteiger partial charge on any atom is 0.341 e. The SMILES string of the molecule is CCOC(=O)c1cc(C(C)C)sc1NC(=O)COc1ccc([N+](=O)[O-])cc1. The lowest BCUT2D eigenvalue weighted by Gasteiger charge is -2.08. The lowest BCUT2D eigenvalue weighted by atomic mass is 10.1. The molecule has 0 fully saturated rings. The molecule has 0 aliphatic carbocycles. The lowest BCUT2D eigenvalue weighted by Crippen LogP contribution is -2.21. The molecule has 2 rings (SSSR count). The Morgan fingerprint density at radius 3 is 2.48 bits per heavy atom. The number of nitrogens with one attached hydrogen (secondary N) is 1. The lowest BCUT2D eigenvalue weighted by molar-refractivity contribution is -0.384. The van der Waals surface area contributed by atoms with Gasteiger partial charge in [-0.3, -0.25) is 14.9 Å². The Morgan fingerprint density at radius 2 is 1.93 bits per heavy atom. The first kappa shape index (κ1) is 20.4. The van der Waals surface area contributed by atoms with Crippen LogP contribution < -0.4 is 10.1 Å². The Bertz CT molecular complexity index is 829. The van der Waals surface area contributed by atoms with E-state index in [1.165, 1.54) is 35.6 Å². The molecular formula is C18H20N2O6S. The van der Waals surface area contributed by atoms with E-state index in [1.54, 1.807) is 13.0 Å². The van der Waals surface area contributed by atoms with E-state index in [1.807, 2.05) is 13.8 Å². The molecule has 0 saturated carbocycles. The minimum Gasteiger partial charge on any atom is -0.484 e. The van der Waals surface area contributed by atoms with Crippen molar-refractivity contribution in [1.82, 2.24) is 0 Å². The highest BCUT2D eigenvalue weighted by atomic mass is 32.1. The number of nitro groups is 1. The minimum absolute atomic E-state index is 0.0642. The van der Waals surface area contributed by atoms with Crippen LogP contribution in [0.1, 0.15) is 41.9 Å². The van der Waals surface area contributed by atoms with Crippen LogP contribution in [0.3, 0.4) is 0 Å². The van der Waals surface area contributed by atoms with Crippen LogP contribution in [0.25, 0.3) is 0 Å². The van der Waals surface area contributed by atoms with Crippen molar-refractivity contribution >= 4 is 33.9 Å². The highest BCUT2D eigenvalue weighted by molar-refractivity contribution is 7.16. The van der Waals surface area contributed by atoms with Crippen molar-refractivity contribution in [1.29, 1.82) is 0 Å². The third-order valence-electron chi connectivity index (χ3n) is 3.49. The topological polar surface area (TPSA) is 108 Å². The third-order valence-corrected chi connectivity index (χ3v) is 4.84. The van der Waals surface area contributed by atoms with Crippen LogP contribution in [0.15, 0.2) is 30.3 Å². The van der Waals surface area contributed by atoms with Gasteiger partial charge < -0.3 is 14.8 Å². The molecule has 2 aromatic rings. The number of hydrogen-bond donors (Lipinski definition) is 1. The summed E-state index contributed by atoms with van der Waals surface area (Å²) >= 11 is 1.31. The monoisotopic (exact) mass is 392 g/mol. The number of ether oxygens (including phenoxy) is 2. The Kier molecular flexibility index (Phi) is 6.89. The molecule has 8 nitrogen and oxygen atoms in total. The second-order valence-electron chi connectivity index (χ2n) is 5.85. The molecule has 0 atom stereocenters. The van der Waals surface area contributed by atoms with Gasteiger partial charge in [-0.2, -0.15) is 0 Å². The molecule has 1 aromatic heterocycles. The fourth-order valence-electron chi connectivity index (χ4n) is 2.12. The second-order valence-corrected chi connectivity index (χ2v) is 6.94. The van der Waals surface area contributed by atoms with Crippen molar-refractivity contribution < 1.29 is 24.0 Å². The minimum atomic E-state index is -0.517. The number of nitro benzene ring substituents is 1. The van der Waals surface area contributed by atoms with Crippen LogP contribution in [-0.4, -0.2) is 30.0 Å². The number of carbonyl (C=O) groups excluding carboxylic acids is 2. The van der Waals surface area contributed by atoms with Crippen molar-refractivity contribution in [3.05, 3.63) is 50.9 Å². The van der Waals surface area contributed by atoms with Crippen LogP contribution in [-0.2, 0) is 9.53 Å². The third kappa shape index (κ3) is 5.52. The first-order valence-electron chi connectivity index (χ1n) is 8.29. The molecule has 1 heterocycles. The van der Waals surface area contributed by atoms with Gasteiger partial charge in [0.15, 0.2) is 6.61 Å². The first-order chi connectivity index (χ1) is 12.8. The molecular weight excluding hydrogens is 372 g/mol. The number of rotatable bonds is 8. The van der Waals surface area contributed by atoms with Crippen LogP contribution in [0.2, 0.25) is 0 Å². The molecule has 9 heteroatoms. The summed E-state index contributed by atoms with van der Waals surface area (Å²) < 4.78 is 10.4. The van der Waals surface area contributed by atoms with Crippen molar-refractivity contribution in [2.45, 2.75) is 26.7 Å². The fraction of sp³-hybridized carbons (Fsp3) is 0.333. The number of non-ortho nitro benzene ring substituents is 1. The summed E-state index contributed by atoms with van der Waals surface area (Å²) in [5, 5.41) is 13.7. The molecule has 0 spiro atoms. The molecule has 0 aliphatic heterocycles. The van der Waals surface area contributed by atoms with Crippen molar-refractivity contribution in [3.63, 3.8) is 0 Å². The van der Waals surface area contributed by atoms with Gasteiger partial charge in [-0.15, -0.1) is 11.3 Å². The number of amides is 1. The summed E-state index contributed by atoms with van der Waals surface area (Å²) in [4.78, 5) is 35.3. The Balaban J connectivity index is 2.03. The summed E-state index contributed by atoms with van der Waals surface area (Å²) in [6.07, 6.45) is 0. The molecule has 0 aliphatic rings. The summed E-state index contributed by atoms with van der Waals surface area (Å²) in [6, 6.07) is 7.13. The number of anilines is 1. The number of benzene rings is 1. The zero-order valence-electron chi connectivity index (χ0n) is 15.2. The highest BCUT2D eigenvalue weighted by Gasteiger charge is 2.20. The molecule has 0 unspecified atom stereocenters. The van der Waals surface area contributed by atoms with E-state index in [0.717, 1.165) is 4.88 Å². The summed E-state index contributed by atoms with van der Waals surface area (Å²) in [7, 11) is 0. The number of hydrogen-bond acceptors (Lipinski definition) is 7. The standard InChI is InChI=1S/C18H20N2O6S/c1-4-25-18(22)14-9-15(11(2)3)27-17(14)19-16(21)10-26-13-7-5-12(6-8-13)20(23)24/h5-9,11H,4,10H2,1-3H3,(H,19,21). The smallest absolute Gasteiger partial charge is 0.341 e. The normalized spacial score (nSPS) is 10.5. The molecule has 1 aromatic carbocycles. The maximum absolute atomic E-state index is 12.2. The van der Waals surface area contributed by atoms with Crippen molar-refractivity contribution in [2.24, 2.45) is 0 Å². The van der Waals surface area contributed by atoms with Gasteiger partial charge in [0, 0.05) is 17.0 Å². The van der Waals surface area contributed by atoms with E-state index in [0.29, 0.717) is 16.3 Å². The zero-order valence-corrected chi connectivity index (χ0v) is 16.0. The van der Waals surface area contributed by atoms with Crippen molar-refractivity contribution in [3.8, 4) is 5.75 Å². The van der Waals surface area contributed by atoms with Gasteiger partial charge in [0.25, 0.3) is 11.6 Å². The Hall–Kier alpha value is -2.94. The average molecular weight is 392 g/mol. The van der Waals surface area contributed by atoms with Crippen LogP contribution in [0.4, 0.5) is 10.7 Å². The van der Waals surface area contributed by atoms with Gasteiger partial charge in [0.05, 0.1) is 17.1 Å². The van der Waals surface area contributed by atoms with Gasteiger partial charge in [-0.05, 0) is 31.0 Å². The van der Waals surface area contributed by atoms with Gasteiger partial charge in [0.1, 0.15) is 10.8 Å². The van der Waals surface area contributed by atoms with Gasteiger partial charge >= 0.3 is 5.97 Å². The molecule has 1 N–H and O–H groups in total. The average Bonchev–Trinajstić information content (AvgIpc) is 3.04. The predicted octanol–water partition coefficient (Wildman–Crippen LogP) is 3.97. The molecule has 0 bridgehead atoms. The second kappa shape index (κ2) is 9.13. The molecule has 1 amide bonds. The van der Waals surface area contributed by atoms with Gasteiger partial charge in [-0.25, -0.2) is 4.79 Å². The van der Waals surface area contributed by atoms with E-state index in [4.69, 9.17) is 9.47 Å². The summed E-state index contributed by atoms with van der Waals surface area (Å²) in [5.74, 6) is -0.413. The summed E-state index contributed by atoms with van der Waals surface area (Å²) in [5.41, 5.74) is 0.250. The van der Waals surface area contributed by atoms with Crippen LogP contribution in [0.5, 0.6) is 5.75 Å². The highest BCUT2D eigenvalue weighted by Crippen LogP contribution is 2.33. The number of nitrogens with zero attached hydrogens (tertiary/aromatic N) is 1. The van der Waals surface area contributed by atoms with E-state index in [9.17, 15) is 19.7 Å². The Morgan fingerprint density at radius 1 is 1.26 bits per heavy atom. The first-order valence-corrected chi connectivity index (χ1v) is 9.11. The van der Waals surface area contributed by atoms with E-state index >= 15 is 0 Å². The van der Waals surface area contributed by atoms with Crippen molar-refractivity contribution in [2.75, 3.05) is 18.5 Å².